The first-order chi connectivity index (χ1) is 8.56. The highest BCUT2D eigenvalue weighted by Gasteiger charge is 2.50. The Morgan fingerprint density at radius 2 is 1.56 bits per heavy atom. The number of hydrogen-bond acceptors (Lipinski definition) is 2. The van der Waals surface area contributed by atoms with Gasteiger partial charge in [-0.15, -0.1) is 0 Å². The van der Waals surface area contributed by atoms with Gasteiger partial charge in [-0.2, -0.15) is 0 Å². The van der Waals surface area contributed by atoms with E-state index in [1.165, 1.54) is 25.7 Å². The van der Waals surface area contributed by atoms with Crippen molar-refractivity contribution >= 4 is 5.78 Å². The molecule has 3 aliphatic rings. The Morgan fingerprint density at radius 1 is 0.944 bits per heavy atom. The van der Waals surface area contributed by atoms with Crippen molar-refractivity contribution in [1.82, 2.24) is 0 Å². The van der Waals surface area contributed by atoms with Crippen LogP contribution in [0.3, 0.4) is 0 Å². The van der Waals surface area contributed by atoms with Crippen molar-refractivity contribution in [1.29, 1.82) is 0 Å². The van der Waals surface area contributed by atoms with Crippen LogP contribution in [0.5, 0.6) is 0 Å². The fraction of sp³-hybridized carbons (Fsp3) is 0.938. The molecule has 3 saturated carbocycles. The highest BCUT2D eigenvalue weighted by molar-refractivity contribution is 5.85. The van der Waals surface area contributed by atoms with E-state index >= 15 is 0 Å². The standard InChI is InChI=1S/C16H27NO/c1-9-5-10(2)7-13(6-9)16(18)14-11-3-4-12(8-11)15(14)17/h9-15H,3-8,17H2,1-2H3. The zero-order valence-electron chi connectivity index (χ0n) is 11.8. The lowest BCUT2D eigenvalue weighted by Gasteiger charge is -2.35. The highest BCUT2D eigenvalue weighted by Crippen LogP contribution is 2.49. The zero-order chi connectivity index (χ0) is 12.9. The van der Waals surface area contributed by atoms with Gasteiger partial charge in [0.05, 0.1) is 0 Å². The molecule has 0 saturated heterocycles. The maximum atomic E-state index is 12.8. The van der Waals surface area contributed by atoms with Crippen molar-refractivity contribution in [3.05, 3.63) is 0 Å². The molecular formula is C16H27NO. The van der Waals surface area contributed by atoms with E-state index in [1.807, 2.05) is 0 Å². The Morgan fingerprint density at radius 3 is 2.11 bits per heavy atom. The van der Waals surface area contributed by atoms with Crippen LogP contribution in [-0.4, -0.2) is 11.8 Å². The lowest BCUT2D eigenvalue weighted by Crippen LogP contribution is -2.43. The molecule has 0 aliphatic heterocycles. The summed E-state index contributed by atoms with van der Waals surface area (Å²) in [5.41, 5.74) is 6.32. The van der Waals surface area contributed by atoms with Crippen LogP contribution in [0.25, 0.3) is 0 Å². The van der Waals surface area contributed by atoms with Crippen molar-refractivity contribution in [2.24, 2.45) is 41.2 Å². The van der Waals surface area contributed by atoms with Gasteiger partial charge in [-0.25, -0.2) is 0 Å². The van der Waals surface area contributed by atoms with E-state index in [4.69, 9.17) is 5.73 Å². The van der Waals surface area contributed by atoms with Crippen LogP contribution in [0.15, 0.2) is 0 Å². The second-order valence-corrected chi connectivity index (χ2v) is 7.45. The third kappa shape index (κ3) is 2.03. The Balaban J connectivity index is 1.71. The van der Waals surface area contributed by atoms with Crippen molar-refractivity contribution in [2.75, 3.05) is 0 Å². The van der Waals surface area contributed by atoms with E-state index in [0.717, 1.165) is 24.7 Å². The SMILES string of the molecule is CC1CC(C)CC(C(=O)C2C3CCC(C3)C2N)C1. The van der Waals surface area contributed by atoms with E-state index in [1.54, 1.807) is 0 Å². The quantitative estimate of drug-likeness (QED) is 0.817. The number of fused-ring (bicyclic) bond motifs is 2. The summed E-state index contributed by atoms with van der Waals surface area (Å²) in [5, 5.41) is 0. The molecule has 0 aromatic rings. The van der Waals surface area contributed by atoms with E-state index in [9.17, 15) is 4.79 Å². The lowest BCUT2D eigenvalue weighted by molar-refractivity contribution is -0.130. The number of rotatable bonds is 2. The van der Waals surface area contributed by atoms with Gasteiger partial charge in [0.15, 0.2) is 0 Å². The average Bonchev–Trinajstić information content (AvgIpc) is 2.87. The molecule has 0 radical (unpaired) electrons. The molecule has 2 bridgehead atoms. The molecule has 2 nitrogen and oxygen atoms in total. The molecule has 102 valence electrons. The Kier molecular flexibility index (Phi) is 3.25. The van der Waals surface area contributed by atoms with Gasteiger partial charge < -0.3 is 5.73 Å². The van der Waals surface area contributed by atoms with Gasteiger partial charge in [0.2, 0.25) is 0 Å². The summed E-state index contributed by atoms with van der Waals surface area (Å²) in [4.78, 5) is 12.8. The predicted octanol–water partition coefficient (Wildman–Crippen LogP) is 3.00. The zero-order valence-corrected chi connectivity index (χ0v) is 11.8. The molecule has 6 unspecified atom stereocenters. The van der Waals surface area contributed by atoms with Gasteiger partial charge in [-0.1, -0.05) is 13.8 Å². The molecule has 0 aromatic heterocycles. The minimum atomic E-state index is 0.184. The minimum absolute atomic E-state index is 0.184. The Labute approximate surface area is 111 Å². The molecule has 3 aliphatic carbocycles. The maximum Gasteiger partial charge on any atom is 0.140 e. The summed E-state index contributed by atoms with van der Waals surface area (Å²) in [6.45, 7) is 4.60. The normalized spacial score (nSPS) is 51.6. The summed E-state index contributed by atoms with van der Waals surface area (Å²) in [7, 11) is 0. The van der Waals surface area contributed by atoms with Gasteiger partial charge >= 0.3 is 0 Å². The third-order valence-corrected chi connectivity index (χ3v) is 5.89. The van der Waals surface area contributed by atoms with Crippen LogP contribution >= 0.6 is 0 Å². The third-order valence-electron chi connectivity index (χ3n) is 5.89. The van der Waals surface area contributed by atoms with Gasteiger partial charge in [-0.3, -0.25) is 4.79 Å². The first-order valence-corrected chi connectivity index (χ1v) is 7.85. The van der Waals surface area contributed by atoms with Crippen LogP contribution in [-0.2, 0) is 4.79 Å². The average molecular weight is 249 g/mol. The molecule has 0 amide bonds. The Bertz CT molecular complexity index is 328. The fourth-order valence-electron chi connectivity index (χ4n) is 5.21. The molecule has 3 fully saturated rings. The number of carbonyl (C=O) groups is 1. The molecule has 0 spiro atoms. The van der Waals surface area contributed by atoms with Gasteiger partial charge in [0.1, 0.15) is 5.78 Å². The van der Waals surface area contributed by atoms with Crippen LogP contribution in [0.4, 0.5) is 0 Å². The molecule has 2 N–H and O–H groups in total. The summed E-state index contributed by atoms with van der Waals surface area (Å²) in [5.74, 6) is 3.79. The fourth-order valence-corrected chi connectivity index (χ4v) is 5.21. The largest absolute Gasteiger partial charge is 0.327 e. The van der Waals surface area contributed by atoms with Crippen molar-refractivity contribution in [3.63, 3.8) is 0 Å². The van der Waals surface area contributed by atoms with Crippen molar-refractivity contribution in [3.8, 4) is 0 Å². The minimum Gasteiger partial charge on any atom is -0.327 e. The smallest absolute Gasteiger partial charge is 0.140 e. The molecule has 6 atom stereocenters. The van der Waals surface area contributed by atoms with E-state index in [-0.39, 0.29) is 12.0 Å². The second-order valence-electron chi connectivity index (χ2n) is 7.45. The van der Waals surface area contributed by atoms with Crippen molar-refractivity contribution < 1.29 is 4.79 Å². The predicted molar refractivity (Wildman–Crippen MR) is 73.0 cm³/mol. The van der Waals surface area contributed by atoms with Gasteiger partial charge in [0.25, 0.3) is 0 Å². The number of hydrogen-bond donors (Lipinski definition) is 1. The second kappa shape index (κ2) is 4.63. The number of nitrogens with two attached hydrogens (primary N) is 1. The summed E-state index contributed by atoms with van der Waals surface area (Å²) >= 11 is 0. The summed E-state index contributed by atoms with van der Waals surface area (Å²) in [6, 6.07) is 0.184. The molecule has 0 aromatic carbocycles. The monoisotopic (exact) mass is 249 g/mol. The first kappa shape index (κ1) is 12.7. The van der Waals surface area contributed by atoms with Crippen LogP contribution < -0.4 is 5.73 Å². The van der Waals surface area contributed by atoms with Crippen molar-refractivity contribution in [2.45, 2.75) is 58.4 Å². The van der Waals surface area contributed by atoms with Gasteiger partial charge in [0, 0.05) is 17.9 Å². The highest BCUT2D eigenvalue weighted by atomic mass is 16.1. The number of carbonyl (C=O) groups excluding carboxylic acids is 1. The van der Waals surface area contributed by atoms with E-state index in [0.29, 0.717) is 23.5 Å². The topological polar surface area (TPSA) is 43.1 Å². The Hall–Kier alpha value is -0.370. The first-order valence-electron chi connectivity index (χ1n) is 7.85. The molecular weight excluding hydrogens is 222 g/mol. The number of ketones is 1. The van der Waals surface area contributed by atoms with Gasteiger partial charge in [-0.05, 0) is 62.2 Å². The summed E-state index contributed by atoms with van der Waals surface area (Å²) < 4.78 is 0. The number of Topliss-reactive ketones (excluding diaryl/α,β-unsaturated/α-hetero) is 1. The molecule has 0 heterocycles. The van der Waals surface area contributed by atoms with E-state index in [2.05, 4.69) is 13.8 Å². The molecule has 2 heteroatoms. The van der Waals surface area contributed by atoms with Crippen LogP contribution in [0.2, 0.25) is 0 Å². The van der Waals surface area contributed by atoms with E-state index < -0.39 is 0 Å². The maximum absolute atomic E-state index is 12.8. The molecule has 18 heavy (non-hydrogen) atoms. The van der Waals surface area contributed by atoms with Crippen LogP contribution in [0.1, 0.15) is 52.4 Å². The molecule has 3 rings (SSSR count). The van der Waals surface area contributed by atoms with Crippen LogP contribution in [0, 0.1) is 35.5 Å². The summed E-state index contributed by atoms with van der Waals surface area (Å²) in [6.07, 6.45) is 7.29. The lowest BCUT2D eigenvalue weighted by atomic mass is 9.69.